The average Bonchev–Trinajstić information content (AvgIpc) is 2.47. The predicted octanol–water partition coefficient (Wildman–Crippen LogP) is 0.668. The molecule has 0 atom stereocenters. The first-order valence-corrected chi connectivity index (χ1v) is 5.67. The first-order chi connectivity index (χ1) is 9.29. The maximum absolute atomic E-state index is 11.9. The topological polar surface area (TPSA) is 80.9 Å². The number of aromatic nitrogens is 4. The van der Waals surface area contributed by atoms with Gasteiger partial charge in [-0.05, 0) is 17.7 Å². The maximum Gasteiger partial charge on any atom is 0.353 e. The molecule has 2 aromatic heterocycles. The predicted molar refractivity (Wildman–Crippen MR) is 68.9 cm³/mol. The summed E-state index contributed by atoms with van der Waals surface area (Å²) in [6.45, 7) is -0.0366. The molecule has 0 unspecified atom stereocenters. The van der Waals surface area contributed by atoms with Crippen LogP contribution in [0.1, 0.15) is 5.56 Å². The minimum absolute atomic E-state index is 0.0366. The van der Waals surface area contributed by atoms with E-state index in [1.807, 2.05) is 0 Å². The Bertz CT molecular complexity index is 781. The zero-order chi connectivity index (χ0) is 13.2. The lowest BCUT2D eigenvalue weighted by Crippen LogP contribution is -2.21. The van der Waals surface area contributed by atoms with Crippen molar-refractivity contribution >= 4 is 11.0 Å². The van der Waals surface area contributed by atoms with Crippen LogP contribution in [0.15, 0.2) is 47.8 Å². The van der Waals surface area contributed by atoms with Crippen LogP contribution in [0.4, 0.5) is 0 Å². The molecule has 0 aliphatic rings. The molecule has 3 aromatic rings. The summed E-state index contributed by atoms with van der Waals surface area (Å²) in [5, 5.41) is 9.71. The van der Waals surface area contributed by atoms with Crippen LogP contribution in [-0.4, -0.2) is 24.6 Å². The molecule has 0 spiro atoms. The van der Waals surface area contributed by atoms with Gasteiger partial charge < -0.3 is 5.11 Å². The van der Waals surface area contributed by atoms with E-state index < -0.39 is 5.69 Å². The summed E-state index contributed by atoms with van der Waals surface area (Å²) in [6.07, 6.45) is 4.45. The molecule has 0 saturated carbocycles. The smallest absolute Gasteiger partial charge is 0.353 e. The number of rotatable bonds is 2. The largest absolute Gasteiger partial charge is 0.392 e. The summed E-state index contributed by atoms with van der Waals surface area (Å²) in [7, 11) is 0. The molecular weight excluding hydrogens is 244 g/mol. The monoisotopic (exact) mass is 254 g/mol. The highest BCUT2D eigenvalue weighted by atomic mass is 16.3. The molecule has 0 bridgehead atoms. The Hall–Kier alpha value is -2.60. The summed E-state index contributed by atoms with van der Waals surface area (Å²) >= 11 is 0. The van der Waals surface area contributed by atoms with Gasteiger partial charge in [0.05, 0.1) is 17.7 Å². The van der Waals surface area contributed by atoms with E-state index in [0.29, 0.717) is 16.7 Å². The van der Waals surface area contributed by atoms with E-state index >= 15 is 0 Å². The SMILES string of the molecule is O=c1ncc2cncnc2n1-c1ccc(CO)cc1. The van der Waals surface area contributed by atoms with Gasteiger partial charge >= 0.3 is 5.69 Å². The lowest BCUT2D eigenvalue weighted by Gasteiger charge is -2.08. The molecule has 0 fully saturated rings. The van der Waals surface area contributed by atoms with Gasteiger partial charge in [0.25, 0.3) is 0 Å². The Morgan fingerprint density at radius 1 is 1.11 bits per heavy atom. The molecule has 0 aliphatic carbocycles. The van der Waals surface area contributed by atoms with Crippen LogP contribution in [-0.2, 0) is 6.61 Å². The first-order valence-electron chi connectivity index (χ1n) is 5.67. The van der Waals surface area contributed by atoms with E-state index in [9.17, 15) is 4.79 Å². The summed E-state index contributed by atoms with van der Waals surface area (Å²) in [5.41, 5.74) is 1.54. The summed E-state index contributed by atoms with van der Waals surface area (Å²) in [5.74, 6) is 0. The summed E-state index contributed by atoms with van der Waals surface area (Å²) in [6, 6.07) is 7.00. The molecule has 3 rings (SSSR count). The third-order valence-corrected chi connectivity index (χ3v) is 2.81. The number of nitrogens with zero attached hydrogens (tertiary/aromatic N) is 4. The zero-order valence-corrected chi connectivity index (χ0v) is 9.89. The van der Waals surface area contributed by atoms with E-state index in [4.69, 9.17) is 5.11 Å². The second-order valence-electron chi connectivity index (χ2n) is 4.00. The van der Waals surface area contributed by atoms with Gasteiger partial charge in [-0.3, -0.25) is 0 Å². The molecule has 0 aliphatic heterocycles. The molecule has 2 heterocycles. The number of aliphatic hydroxyl groups is 1. The van der Waals surface area contributed by atoms with Crippen molar-refractivity contribution in [3.05, 3.63) is 59.0 Å². The molecular formula is C13H10N4O2. The third kappa shape index (κ3) is 1.98. The van der Waals surface area contributed by atoms with Crippen molar-refractivity contribution in [3.63, 3.8) is 0 Å². The fourth-order valence-electron chi connectivity index (χ4n) is 1.87. The quantitative estimate of drug-likeness (QED) is 0.727. The van der Waals surface area contributed by atoms with Gasteiger partial charge in [-0.25, -0.2) is 24.3 Å². The normalized spacial score (nSPS) is 10.8. The van der Waals surface area contributed by atoms with Crippen LogP contribution in [0.5, 0.6) is 0 Å². The Morgan fingerprint density at radius 2 is 1.89 bits per heavy atom. The van der Waals surface area contributed by atoms with Gasteiger partial charge in [0.2, 0.25) is 0 Å². The van der Waals surface area contributed by atoms with Crippen LogP contribution < -0.4 is 5.69 Å². The van der Waals surface area contributed by atoms with E-state index in [1.54, 1.807) is 30.5 Å². The van der Waals surface area contributed by atoms with Crippen LogP contribution in [0.3, 0.4) is 0 Å². The van der Waals surface area contributed by atoms with E-state index in [2.05, 4.69) is 15.0 Å². The van der Waals surface area contributed by atoms with Crippen molar-refractivity contribution in [2.75, 3.05) is 0 Å². The van der Waals surface area contributed by atoms with Crippen molar-refractivity contribution in [1.82, 2.24) is 19.5 Å². The van der Waals surface area contributed by atoms with Crippen LogP contribution >= 0.6 is 0 Å². The average molecular weight is 254 g/mol. The summed E-state index contributed by atoms with van der Waals surface area (Å²) in [4.78, 5) is 23.8. The highest BCUT2D eigenvalue weighted by Crippen LogP contribution is 2.13. The number of aliphatic hydroxyl groups excluding tert-OH is 1. The molecule has 19 heavy (non-hydrogen) atoms. The number of fused-ring (bicyclic) bond motifs is 1. The Balaban J connectivity index is 2.28. The molecule has 0 radical (unpaired) electrons. The van der Waals surface area contributed by atoms with E-state index in [1.165, 1.54) is 17.1 Å². The second-order valence-corrected chi connectivity index (χ2v) is 4.00. The molecule has 6 nitrogen and oxygen atoms in total. The number of benzene rings is 1. The minimum Gasteiger partial charge on any atom is -0.392 e. The lowest BCUT2D eigenvalue weighted by molar-refractivity contribution is 0.282. The Kier molecular flexibility index (Phi) is 2.77. The molecule has 1 N–H and O–H groups in total. The second kappa shape index (κ2) is 4.58. The number of hydrogen-bond acceptors (Lipinski definition) is 5. The number of hydrogen-bond donors (Lipinski definition) is 1. The van der Waals surface area contributed by atoms with E-state index in [0.717, 1.165) is 5.56 Å². The standard InChI is InChI=1S/C13H10N4O2/c18-7-9-1-3-11(4-2-9)17-12-10(5-14-8-16-12)6-15-13(17)19/h1-6,8,18H,7H2. The fourth-order valence-corrected chi connectivity index (χ4v) is 1.87. The highest BCUT2D eigenvalue weighted by Gasteiger charge is 2.07. The minimum atomic E-state index is -0.400. The van der Waals surface area contributed by atoms with Gasteiger partial charge in [-0.1, -0.05) is 12.1 Å². The Morgan fingerprint density at radius 3 is 2.63 bits per heavy atom. The van der Waals surface area contributed by atoms with Gasteiger partial charge in [-0.2, -0.15) is 0 Å². The van der Waals surface area contributed by atoms with E-state index in [-0.39, 0.29) is 6.61 Å². The van der Waals surface area contributed by atoms with Gasteiger partial charge in [0, 0.05) is 12.4 Å². The van der Waals surface area contributed by atoms with Gasteiger partial charge in [0.15, 0.2) is 5.65 Å². The van der Waals surface area contributed by atoms with Crippen molar-refractivity contribution in [1.29, 1.82) is 0 Å². The third-order valence-electron chi connectivity index (χ3n) is 2.81. The molecule has 94 valence electrons. The van der Waals surface area contributed by atoms with Gasteiger partial charge in [-0.15, -0.1) is 0 Å². The highest BCUT2D eigenvalue weighted by molar-refractivity contribution is 5.74. The summed E-state index contributed by atoms with van der Waals surface area (Å²) < 4.78 is 1.41. The molecule has 0 amide bonds. The Labute approximate surface area is 108 Å². The molecule has 0 saturated heterocycles. The van der Waals surface area contributed by atoms with Crippen molar-refractivity contribution in [3.8, 4) is 5.69 Å². The van der Waals surface area contributed by atoms with Crippen molar-refractivity contribution in [2.45, 2.75) is 6.61 Å². The van der Waals surface area contributed by atoms with Crippen molar-refractivity contribution < 1.29 is 5.11 Å². The van der Waals surface area contributed by atoms with Crippen LogP contribution in [0.2, 0.25) is 0 Å². The van der Waals surface area contributed by atoms with Crippen LogP contribution in [0, 0.1) is 0 Å². The molecule has 1 aromatic carbocycles. The molecule has 6 heteroatoms. The van der Waals surface area contributed by atoms with Crippen LogP contribution in [0.25, 0.3) is 16.7 Å². The van der Waals surface area contributed by atoms with Crippen molar-refractivity contribution in [2.24, 2.45) is 0 Å². The lowest BCUT2D eigenvalue weighted by atomic mass is 10.2. The van der Waals surface area contributed by atoms with Gasteiger partial charge in [0.1, 0.15) is 6.33 Å². The zero-order valence-electron chi connectivity index (χ0n) is 9.89. The fraction of sp³-hybridized carbons (Fsp3) is 0.0769. The first kappa shape index (κ1) is 11.5. The maximum atomic E-state index is 11.9.